The number of carbonyl (C=O) groups excluding carboxylic acids is 1. The molecule has 0 N–H and O–H groups in total. The van der Waals surface area contributed by atoms with Crippen LogP contribution in [0.15, 0.2) is 38.0 Å². The van der Waals surface area contributed by atoms with Crippen molar-refractivity contribution in [1.82, 2.24) is 4.90 Å². The lowest BCUT2D eigenvalue weighted by molar-refractivity contribution is -0.121. The van der Waals surface area contributed by atoms with E-state index in [0.29, 0.717) is 0 Å². The topological polar surface area (TPSA) is 29.5 Å². The molecule has 0 atom stereocenters. The van der Waals surface area contributed by atoms with Crippen molar-refractivity contribution in [2.75, 3.05) is 0 Å². The van der Waals surface area contributed by atoms with Gasteiger partial charge in [0, 0.05) is 27.7 Å². The molecule has 1 fully saturated rings. The first kappa shape index (κ1) is 19.5. The van der Waals surface area contributed by atoms with Crippen LogP contribution in [0.5, 0.6) is 0 Å². The number of hydrogen-bond acceptors (Lipinski definition) is 5. The number of thiocarbonyl (C=S) groups is 1. The summed E-state index contributed by atoms with van der Waals surface area (Å²) < 4.78 is 6.32. The van der Waals surface area contributed by atoms with Gasteiger partial charge in [-0.3, -0.25) is 4.79 Å². The van der Waals surface area contributed by atoms with E-state index in [0.717, 1.165) is 18.9 Å². The summed E-state index contributed by atoms with van der Waals surface area (Å²) >= 11 is 8.17. The van der Waals surface area contributed by atoms with Gasteiger partial charge in [0.2, 0.25) is 5.76 Å². The van der Waals surface area contributed by atoms with Crippen LogP contribution in [-0.2, 0) is 14.9 Å². The number of nitrogens with zero attached hydrogens (tertiary/aromatic N) is 1. The first-order chi connectivity index (χ1) is 12.8. The highest BCUT2D eigenvalue weighted by Crippen LogP contribution is 2.53. The van der Waals surface area contributed by atoms with Gasteiger partial charge in [-0.25, -0.2) is 0 Å². The lowest BCUT2D eigenvalue weighted by Gasteiger charge is -2.19. The van der Waals surface area contributed by atoms with Crippen molar-refractivity contribution in [1.29, 1.82) is 0 Å². The number of thioether (sulfide) groups is 2. The molecule has 27 heavy (non-hydrogen) atoms. The van der Waals surface area contributed by atoms with Crippen LogP contribution < -0.4 is 0 Å². The summed E-state index contributed by atoms with van der Waals surface area (Å²) in [4.78, 5) is 16.0. The Morgan fingerprint density at radius 1 is 1.07 bits per heavy atom. The van der Waals surface area contributed by atoms with Crippen molar-refractivity contribution in [2.45, 2.75) is 42.9 Å². The SMILES string of the molecule is CC#CC#CC#CN1C(=O)/C(=C2\Sc3ccc(C(C)(C)C)cc3S2)OC1=S. The fourth-order valence-electron chi connectivity index (χ4n) is 2.25. The molecule has 2 aliphatic rings. The van der Waals surface area contributed by atoms with E-state index in [1.54, 1.807) is 6.92 Å². The number of rotatable bonds is 0. The van der Waals surface area contributed by atoms with Gasteiger partial charge in [-0.05, 0) is 54.1 Å². The minimum atomic E-state index is -0.366. The smallest absolute Gasteiger partial charge is 0.310 e. The number of ether oxygens (including phenoxy) is 1. The highest BCUT2D eigenvalue weighted by molar-refractivity contribution is 8.24. The fraction of sp³-hybridized carbons (Fsp3) is 0.238. The third kappa shape index (κ3) is 4.18. The minimum Gasteiger partial charge on any atom is -0.423 e. The number of benzene rings is 1. The molecule has 1 aromatic rings. The molecule has 6 heteroatoms. The second-order valence-electron chi connectivity index (χ2n) is 6.60. The van der Waals surface area contributed by atoms with E-state index < -0.39 is 0 Å². The van der Waals surface area contributed by atoms with Crippen LogP contribution in [0, 0.1) is 35.6 Å². The normalized spacial score (nSPS) is 17.9. The lowest BCUT2D eigenvalue weighted by Crippen LogP contribution is -2.22. The van der Waals surface area contributed by atoms with Crippen LogP contribution in [0.3, 0.4) is 0 Å². The molecule has 0 aromatic heterocycles. The van der Waals surface area contributed by atoms with Crippen molar-refractivity contribution < 1.29 is 9.53 Å². The molecule has 134 valence electrons. The Labute approximate surface area is 173 Å². The van der Waals surface area contributed by atoms with E-state index in [1.807, 2.05) is 0 Å². The molecule has 2 aliphatic heterocycles. The average molecular weight is 410 g/mol. The zero-order valence-electron chi connectivity index (χ0n) is 15.2. The maximum absolute atomic E-state index is 12.7. The third-order valence-corrected chi connectivity index (χ3v) is 6.42. The Bertz CT molecular complexity index is 1060. The Morgan fingerprint density at radius 2 is 1.78 bits per heavy atom. The van der Waals surface area contributed by atoms with Gasteiger partial charge in [0.25, 0.3) is 5.17 Å². The van der Waals surface area contributed by atoms with Crippen molar-refractivity contribution >= 4 is 46.8 Å². The standard InChI is InChI=1S/C21H15NO2S3/c1-5-6-7-8-9-12-22-18(23)17(24-20(22)25)19-26-15-11-10-14(21(2,3)4)13-16(15)27-19/h10-11,13H,1-4H3/b19-17-. The minimum absolute atomic E-state index is 0.0194. The summed E-state index contributed by atoms with van der Waals surface area (Å²) in [5, 5.41) is 0.0194. The Morgan fingerprint density at radius 3 is 2.48 bits per heavy atom. The number of carbonyl (C=O) groups is 1. The second-order valence-corrected chi connectivity index (χ2v) is 9.31. The van der Waals surface area contributed by atoms with Crippen LogP contribution in [0.1, 0.15) is 33.3 Å². The molecular formula is C21H15NO2S3. The Kier molecular flexibility index (Phi) is 5.59. The quantitative estimate of drug-likeness (QED) is 0.358. The van der Waals surface area contributed by atoms with Crippen LogP contribution >= 0.6 is 35.7 Å². The molecule has 3 rings (SSSR count). The molecule has 0 aliphatic carbocycles. The molecule has 1 amide bonds. The first-order valence-corrected chi connectivity index (χ1v) is 10.1. The van der Waals surface area contributed by atoms with Crippen LogP contribution in [0.25, 0.3) is 0 Å². The highest BCUT2D eigenvalue weighted by Gasteiger charge is 2.38. The summed E-state index contributed by atoms with van der Waals surface area (Å²) in [7, 11) is 0. The van der Waals surface area contributed by atoms with Gasteiger partial charge in [-0.15, -0.1) is 0 Å². The molecule has 1 saturated heterocycles. The Balaban J connectivity index is 1.85. The van der Waals surface area contributed by atoms with Crippen molar-refractivity contribution in [3.63, 3.8) is 0 Å². The average Bonchev–Trinajstić information content (AvgIpc) is 3.15. The van der Waals surface area contributed by atoms with Crippen LogP contribution in [-0.4, -0.2) is 16.0 Å². The number of hydrogen-bond donors (Lipinski definition) is 0. The second kappa shape index (κ2) is 7.75. The zero-order valence-corrected chi connectivity index (χ0v) is 17.7. The van der Waals surface area contributed by atoms with Gasteiger partial charge in [0.05, 0.1) is 4.24 Å². The summed E-state index contributed by atoms with van der Waals surface area (Å²) in [6, 6.07) is 8.99. The van der Waals surface area contributed by atoms with E-state index >= 15 is 0 Å². The van der Waals surface area contributed by atoms with E-state index in [4.69, 9.17) is 17.0 Å². The zero-order chi connectivity index (χ0) is 19.6. The maximum Gasteiger partial charge on any atom is 0.310 e. The predicted molar refractivity (Wildman–Crippen MR) is 113 cm³/mol. The van der Waals surface area contributed by atoms with Crippen molar-refractivity contribution in [2.24, 2.45) is 0 Å². The molecule has 2 heterocycles. The van der Waals surface area contributed by atoms with Crippen molar-refractivity contribution in [3.05, 3.63) is 33.8 Å². The molecule has 0 bridgehead atoms. The fourth-order valence-corrected chi connectivity index (χ4v) is 4.91. The van der Waals surface area contributed by atoms with E-state index in [9.17, 15) is 4.79 Å². The van der Waals surface area contributed by atoms with Gasteiger partial charge < -0.3 is 4.74 Å². The molecule has 0 saturated carbocycles. The number of fused-ring (bicyclic) bond motifs is 1. The molecule has 0 spiro atoms. The molecular weight excluding hydrogens is 394 g/mol. The summed E-state index contributed by atoms with van der Waals surface area (Å²) in [6.07, 6.45) is 0. The monoisotopic (exact) mass is 409 g/mol. The van der Waals surface area contributed by atoms with Gasteiger partial charge in [0.1, 0.15) is 0 Å². The first-order valence-electron chi connectivity index (χ1n) is 8.04. The maximum atomic E-state index is 12.7. The summed E-state index contributed by atoms with van der Waals surface area (Å²) in [6.45, 7) is 8.21. The van der Waals surface area contributed by atoms with Crippen LogP contribution in [0.2, 0.25) is 0 Å². The lowest BCUT2D eigenvalue weighted by atomic mass is 9.87. The highest BCUT2D eigenvalue weighted by atomic mass is 32.2. The molecule has 1 aromatic carbocycles. The summed E-state index contributed by atoms with van der Waals surface area (Å²) in [5.74, 6) is 12.8. The Hall–Kier alpha value is -2.30. The van der Waals surface area contributed by atoms with E-state index in [2.05, 4.69) is 74.6 Å². The van der Waals surface area contributed by atoms with E-state index in [-0.39, 0.29) is 22.3 Å². The van der Waals surface area contributed by atoms with Crippen molar-refractivity contribution in [3.8, 4) is 35.6 Å². The molecule has 3 nitrogen and oxygen atoms in total. The summed E-state index contributed by atoms with van der Waals surface area (Å²) in [5.41, 5.74) is 1.31. The van der Waals surface area contributed by atoms with E-state index in [1.165, 1.54) is 29.1 Å². The largest absolute Gasteiger partial charge is 0.423 e. The van der Waals surface area contributed by atoms with Gasteiger partial charge in [0.15, 0.2) is 0 Å². The third-order valence-electron chi connectivity index (χ3n) is 3.65. The number of amides is 1. The molecule has 0 radical (unpaired) electrons. The predicted octanol–water partition coefficient (Wildman–Crippen LogP) is 4.48. The van der Waals surface area contributed by atoms with Gasteiger partial charge in [-0.1, -0.05) is 56.3 Å². The van der Waals surface area contributed by atoms with Gasteiger partial charge >= 0.3 is 5.91 Å². The molecule has 0 unspecified atom stereocenters. The van der Waals surface area contributed by atoms with Gasteiger partial charge in [-0.2, -0.15) is 4.90 Å². The van der Waals surface area contributed by atoms with Crippen LogP contribution in [0.4, 0.5) is 0 Å².